The molecular formula is C16H25BrN2O2. The molecule has 1 rings (SSSR count). The Bertz CT molecular complexity index is 487. The summed E-state index contributed by atoms with van der Waals surface area (Å²) in [4.78, 5) is 12.2. The number of rotatable bonds is 7. The molecule has 1 aromatic carbocycles. The number of halogens is 1. The van der Waals surface area contributed by atoms with Crippen LogP contribution in [0, 0.1) is 6.92 Å². The molecule has 0 aliphatic heterocycles. The zero-order valence-electron chi connectivity index (χ0n) is 13.2. The lowest BCUT2D eigenvalue weighted by atomic mass is 10.1. The molecule has 5 heteroatoms. The number of amides is 1. The second-order valence-corrected chi connectivity index (χ2v) is 6.11. The summed E-state index contributed by atoms with van der Waals surface area (Å²) >= 11 is 3.44. The Kier molecular flexibility index (Phi) is 7.18. The molecule has 0 saturated carbocycles. The highest BCUT2D eigenvalue weighted by molar-refractivity contribution is 9.10. The lowest BCUT2D eigenvalue weighted by Crippen LogP contribution is -2.42. The maximum Gasteiger partial charge on any atom is 0.260 e. The van der Waals surface area contributed by atoms with Crippen molar-refractivity contribution in [3.63, 3.8) is 0 Å². The molecule has 1 unspecified atom stereocenters. The Labute approximate surface area is 135 Å². The Balaban J connectivity index is 2.83. The third-order valence-corrected chi connectivity index (χ3v) is 3.99. The lowest BCUT2D eigenvalue weighted by Gasteiger charge is -2.21. The normalized spacial score (nSPS) is 12.3. The first-order valence-corrected chi connectivity index (χ1v) is 8.18. The van der Waals surface area contributed by atoms with Gasteiger partial charge in [0, 0.05) is 22.6 Å². The summed E-state index contributed by atoms with van der Waals surface area (Å²) in [6.07, 6.45) is 1.29. The summed E-state index contributed by atoms with van der Waals surface area (Å²) in [5.41, 5.74) is 7.62. The van der Waals surface area contributed by atoms with Crippen LogP contribution in [-0.2, 0) is 11.3 Å². The number of benzene rings is 1. The summed E-state index contributed by atoms with van der Waals surface area (Å²) in [6, 6.07) is 4.08. The molecule has 0 aliphatic carbocycles. The van der Waals surface area contributed by atoms with Crippen LogP contribution in [0.5, 0.6) is 5.75 Å². The number of aryl methyl sites for hydroxylation is 1. The van der Waals surface area contributed by atoms with Crippen LogP contribution >= 0.6 is 15.9 Å². The number of carbonyl (C=O) groups is 1. The highest BCUT2D eigenvalue weighted by atomic mass is 79.9. The van der Waals surface area contributed by atoms with Gasteiger partial charge in [0.15, 0.2) is 6.10 Å². The minimum atomic E-state index is -0.546. The molecular weight excluding hydrogens is 332 g/mol. The zero-order valence-corrected chi connectivity index (χ0v) is 14.8. The summed E-state index contributed by atoms with van der Waals surface area (Å²) in [6.45, 7) is 8.21. The molecule has 3 N–H and O–H groups in total. The molecule has 1 atom stereocenters. The van der Waals surface area contributed by atoms with Crippen LogP contribution in [0.1, 0.15) is 44.7 Å². The highest BCUT2D eigenvalue weighted by Crippen LogP contribution is 2.28. The van der Waals surface area contributed by atoms with Crippen molar-refractivity contribution in [1.29, 1.82) is 0 Å². The van der Waals surface area contributed by atoms with Gasteiger partial charge in [0.1, 0.15) is 5.75 Å². The van der Waals surface area contributed by atoms with E-state index in [1.807, 2.05) is 19.1 Å². The van der Waals surface area contributed by atoms with E-state index in [1.165, 1.54) is 0 Å². The largest absolute Gasteiger partial charge is 0.480 e. The summed E-state index contributed by atoms with van der Waals surface area (Å²) in [7, 11) is 0. The summed E-state index contributed by atoms with van der Waals surface area (Å²) in [5, 5.41) is 3.00. The van der Waals surface area contributed by atoms with Crippen molar-refractivity contribution < 1.29 is 9.53 Å². The Morgan fingerprint density at radius 1 is 1.38 bits per heavy atom. The van der Waals surface area contributed by atoms with Crippen molar-refractivity contribution in [3.05, 3.63) is 27.7 Å². The molecule has 0 heterocycles. The molecule has 0 bridgehead atoms. The van der Waals surface area contributed by atoms with Gasteiger partial charge in [0.2, 0.25) is 0 Å². The van der Waals surface area contributed by atoms with Gasteiger partial charge in [-0.1, -0.05) is 29.8 Å². The van der Waals surface area contributed by atoms with Crippen LogP contribution in [-0.4, -0.2) is 18.1 Å². The number of hydrogen-bond donors (Lipinski definition) is 2. The van der Waals surface area contributed by atoms with E-state index in [-0.39, 0.29) is 11.9 Å². The highest BCUT2D eigenvalue weighted by Gasteiger charge is 2.19. The Morgan fingerprint density at radius 2 is 2.00 bits per heavy atom. The quantitative estimate of drug-likeness (QED) is 0.787. The van der Waals surface area contributed by atoms with Gasteiger partial charge >= 0.3 is 0 Å². The fraction of sp³-hybridized carbons (Fsp3) is 0.562. The predicted molar refractivity (Wildman–Crippen MR) is 89.4 cm³/mol. The molecule has 0 aliphatic rings. The SMILES string of the molecule is CCC(CC)NC(=O)C(C)Oc1c(C)cc(Br)cc1CN. The summed E-state index contributed by atoms with van der Waals surface area (Å²) < 4.78 is 6.82. The molecule has 0 saturated heterocycles. The standard InChI is InChI=1S/C16H25BrN2O2/c1-5-14(6-2)19-16(20)11(4)21-15-10(3)7-13(17)8-12(15)9-18/h7-8,11,14H,5-6,9,18H2,1-4H3,(H,19,20). The van der Waals surface area contributed by atoms with Crippen LogP contribution in [0.2, 0.25) is 0 Å². The Hall–Kier alpha value is -1.07. The fourth-order valence-electron chi connectivity index (χ4n) is 2.16. The van der Waals surface area contributed by atoms with E-state index < -0.39 is 6.10 Å². The first-order chi connectivity index (χ1) is 9.92. The fourth-order valence-corrected chi connectivity index (χ4v) is 2.78. The first kappa shape index (κ1) is 18.0. The van der Waals surface area contributed by atoms with Gasteiger partial charge < -0.3 is 15.8 Å². The lowest BCUT2D eigenvalue weighted by molar-refractivity contribution is -0.128. The smallest absolute Gasteiger partial charge is 0.260 e. The molecule has 1 amide bonds. The van der Waals surface area contributed by atoms with Crippen LogP contribution in [0.15, 0.2) is 16.6 Å². The minimum Gasteiger partial charge on any atom is -0.480 e. The number of hydrogen-bond acceptors (Lipinski definition) is 3. The Morgan fingerprint density at radius 3 is 2.52 bits per heavy atom. The van der Waals surface area contributed by atoms with E-state index in [9.17, 15) is 4.79 Å². The monoisotopic (exact) mass is 356 g/mol. The van der Waals surface area contributed by atoms with E-state index in [4.69, 9.17) is 10.5 Å². The van der Waals surface area contributed by atoms with Gasteiger partial charge in [-0.15, -0.1) is 0 Å². The zero-order chi connectivity index (χ0) is 16.0. The van der Waals surface area contributed by atoms with Crippen molar-refractivity contribution in [2.45, 2.75) is 59.2 Å². The van der Waals surface area contributed by atoms with Crippen LogP contribution < -0.4 is 15.8 Å². The van der Waals surface area contributed by atoms with Gasteiger partial charge in [-0.05, 0) is 44.4 Å². The second-order valence-electron chi connectivity index (χ2n) is 5.20. The molecule has 0 fully saturated rings. The topological polar surface area (TPSA) is 64.3 Å². The van der Waals surface area contributed by atoms with Crippen molar-refractivity contribution >= 4 is 21.8 Å². The number of nitrogens with one attached hydrogen (secondary N) is 1. The third kappa shape index (κ3) is 5.00. The van der Waals surface area contributed by atoms with E-state index in [1.54, 1.807) is 6.92 Å². The van der Waals surface area contributed by atoms with Crippen molar-refractivity contribution in [2.75, 3.05) is 0 Å². The minimum absolute atomic E-state index is 0.0889. The number of ether oxygens (including phenoxy) is 1. The van der Waals surface area contributed by atoms with Crippen molar-refractivity contribution in [3.8, 4) is 5.75 Å². The van der Waals surface area contributed by atoms with Gasteiger partial charge in [-0.25, -0.2) is 0 Å². The number of carbonyl (C=O) groups excluding carboxylic acids is 1. The molecule has 1 aromatic rings. The van der Waals surface area contributed by atoms with E-state index >= 15 is 0 Å². The molecule has 21 heavy (non-hydrogen) atoms. The predicted octanol–water partition coefficient (Wildman–Crippen LogP) is 3.29. The van der Waals surface area contributed by atoms with Gasteiger partial charge in [-0.2, -0.15) is 0 Å². The number of nitrogens with two attached hydrogens (primary N) is 1. The molecule has 118 valence electrons. The van der Waals surface area contributed by atoms with Crippen LogP contribution in [0.4, 0.5) is 0 Å². The first-order valence-electron chi connectivity index (χ1n) is 7.38. The average Bonchev–Trinajstić information content (AvgIpc) is 2.46. The third-order valence-electron chi connectivity index (χ3n) is 3.53. The van der Waals surface area contributed by atoms with Crippen molar-refractivity contribution in [2.24, 2.45) is 5.73 Å². The second kappa shape index (κ2) is 8.39. The van der Waals surface area contributed by atoms with Gasteiger partial charge in [0.25, 0.3) is 5.91 Å². The van der Waals surface area contributed by atoms with E-state index in [2.05, 4.69) is 35.1 Å². The van der Waals surface area contributed by atoms with Crippen molar-refractivity contribution in [1.82, 2.24) is 5.32 Å². The maximum atomic E-state index is 12.2. The molecule has 4 nitrogen and oxygen atoms in total. The van der Waals surface area contributed by atoms with E-state index in [0.29, 0.717) is 12.3 Å². The van der Waals surface area contributed by atoms with Gasteiger partial charge in [0.05, 0.1) is 0 Å². The van der Waals surface area contributed by atoms with E-state index in [0.717, 1.165) is 28.4 Å². The average molecular weight is 357 g/mol. The van der Waals surface area contributed by atoms with Gasteiger partial charge in [-0.3, -0.25) is 4.79 Å². The molecule has 0 spiro atoms. The van der Waals surface area contributed by atoms with Crippen LogP contribution in [0.25, 0.3) is 0 Å². The molecule has 0 aromatic heterocycles. The molecule has 0 radical (unpaired) electrons. The summed E-state index contributed by atoms with van der Waals surface area (Å²) in [5.74, 6) is 0.613. The maximum absolute atomic E-state index is 12.2. The van der Waals surface area contributed by atoms with Crippen LogP contribution in [0.3, 0.4) is 0 Å².